The molecule has 0 aromatic rings. The number of carbonyl (C=O) groups is 1. The van der Waals surface area contributed by atoms with Crippen molar-refractivity contribution in [1.29, 1.82) is 0 Å². The van der Waals surface area contributed by atoms with E-state index in [0.29, 0.717) is 12.7 Å². The lowest BCUT2D eigenvalue weighted by atomic mass is 10.1. The quantitative estimate of drug-likeness (QED) is 0.355. The number of aldehydes is 1. The Bertz CT molecular complexity index is 154. The molecule has 2 N–H and O–H groups in total. The van der Waals surface area contributed by atoms with Crippen molar-refractivity contribution in [2.45, 2.75) is 44.8 Å². The van der Waals surface area contributed by atoms with Crippen molar-refractivity contribution in [1.82, 2.24) is 0 Å². The van der Waals surface area contributed by atoms with Gasteiger partial charge < -0.3 is 10.2 Å². The molecule has 0 spiro atoms. The molecule has 0 saturated carbocycles. The fourth-order valence-electron chi connectivity index (χ4n) is 1.06. The second kappa shape index (κ2) is 7.95. The van der Waals surface area contributed by atoms with E-state index >= 15 is 0 Å². The number of carbonyl (C=O) groups excluding carboxylic acids is 1. The molecule has 13 heavy (non-hydrogen) atoms. The Morgan fingerprint density at radius 1 is 1.31 bits per heavy atom. The topological polar surface area (TPSA) is 57.5 Å². The fourth-order valence-corrected chi connectivity index (χ4v) is 1.06. The van der Waals surface area contributed by atoms with Crippen LogP contribution in [0.15, 0.2) is 12.2 Å². The minimum absolute atomic E-state index is 0.582. The SMILES string of the molecule is CCCCC[C@@H](O)[C@H](O)/C=C/C=O. The van der Waals surface area contributed by atoms with Crippen molar-refractivity contribution in [2.24, 2.45) is 0 Å². The van der Waals surface area contributed by atoms with Crippen molar-refractivity contribution < 1.29 is 15.0 Å². The number of rotatable bonds is 7. The Balaban J connectivity index is 3.61. The highest BCUT2D eigenvalue weighted by Gasteiger charge is 2.11. The molecule has 0 amide bonds. The molecule has 0 saturated heterocycles. The van der Waals surface area contributed by atoms with Crippen LogP contribution >= 0.6 is 0 Å². The maximum Gasteiger partial charge on any atom is 0.142 e. The van der Waals surface area contributed by atoms with Crippen molar-refractivity contribution >= 4 is 6.29 Å². The van der Waals surface area contributed by atoms with Crippen LogP contribution in [0.2, 0.25) is 0 Å². The lowest BCUT2D eigenvalue weighted by Crippen LogP contribution is -2.23. The highest BCUT2D eigenvalue weighted by atomic mass is 16.3. The summed E-state index contributed by atoms with van der Waals surface area (Å²) >= 11 is 0. The van der Waals surface area contributed by atoms with E-state index in [-0.39, 0.29) is 0 Å². The van der Waals surface area contributed by atoms with Crippen LogP contribution < -0.4 is 0 Å². The molecule has 0 radical (unpaired) electrons. The van der Waals surface area contributed by atoms with Crippen molar-refractivity contribution in [2.75, 3.05) is 0 Å². The molecular formula is C10H18O3. The lowest BCUT2D eigenvalue weighted by molar-refractivity contribution is -0.104. The van der Waals surface area contributed by atoms with E-state index in [2.05, 4.69) is 6.92 Å². The molecule has 3 nitrogen and oxygen atoms in total. The standard InChI is InChI=1S/C10H18O3/c1-2-3-4-6-9(12)10(13)7-5-8-11/h5,7-10,12-13H,2-4,6H2,1H3/b7-5+/t9-,10-/m1/s1. The van der Waals surface area contributed by atoms with Crippen LogP contribution in [0, 0.1) is 0 Å². The summed E-state index contributed by atoms with van der Waals surface area (Å²) in [5.74, 6) is 0. The van der Waals surface area contributed by atoms with Gasteiger partial charge in [0.25, 0.3) is 0 Å². The third-order valence-electron chi connectivity index (χ3n) is 1.88. The van der Waals surface area contributed by atoms with E-state index in [1.54, 1.807) is 0 Å². The van der Waals surface area contributed by atoms with Gasteiger partial charge >= 0.3 is 0 Å². The molecule has 0 unspecified atom stereocenters. The summed E-state index contributed by atoms with van der Waals surface area (Å²) in [6.45, 7) is 2.08. The smallest absolute Gasteiger partial charge is 0.142 e. The number of aliphatic hydroxyl groups is 2. The number of aliphatic hydroxyl groups excluding tert-OH is 2. The maximum absolute atomic E-state index is 9.91. The van der Waals surface area contributed by atoms with E-state index in [0.717, 1.165) is 19.3 Å². The molecule has 2 atom stereocenters. The van der Waals surface area contributed by atoms with Gasteiger partial charge in [-0.25, -0.2) is 0 Å². The molecule has 0 aliphatic rings. The summed E-state index contributed by atoms with van der Waals surface area (Å²) < 4.78 is 0. The molecule has 3 heteroatoms. The van der Waals surface area contributed by atoms with E-state index in [9.17, 15) is 15.0 Å². The number of unbranched alkanes of at least 4 members (excludes halogenated alkanes) is 2. The third kappa shape index (κ3) is 6.49. The van der Waals surface area contributed by atoms with Gasteiger partial charge in [-0.05, 0) is 12.5 Å². The van der Waals surface area contributed by atoms with E-state index < -0.39 is 12.2 Å². The van der Waals surface area contributed by atoms with Gasteiger partial charge in [0.15, 0.2) is 0 Å². The average molecular weight is 186 g/mol. The van der Waals surface area contributed by atoms with E-state index in [1.165, 1.54) is 12.2 Å². The van der Waals surface area contributed by atoms with E-state index in [1.807, 2.05) is 0 Å². The van der Waals surface area contributed by atoms with Crippen LogP contribution in [0.25, 0.3) is 0 Å². The van der Waals surface area contributed by atoms with Crippen LogP contribution in [-0.4, -0.2) is 28.7 Å². The van der Waals surface area contributed by atoms with Crippen LogP contribution in [0.1, 0.15) is 32.6 Å². The van der Waals surface area contributed by atoms with Crippen LogP contribution in [0.4, 0.5) is 0 Å². The number of hydrogen-bond donors (Lipinski definition) is 2. The predicted octanol–water partition coefficient (Wildman–Crippen LogP) is 1.04. The molecule has 0 aliphatic heterocycles. The Hall–Kier alpha value is -0.670. The van der Waals surface area contributed by atoms with Gasteiger partial charge in [0, 0.05) is 0 Å². The molecule has 76 valence electrons. The fraction of sp³-hybridized carbons (Fsp3) is 0.700. The first-order valence-corrected chi connectivity index (χ1v) is 4.70. The van der Waals surface area contributed by atoms with Gasteiger partial charge in [-0.1, -0.05) is 32.3 Å². The van der Waals surface area contributed by atoms with Gasteiger partial charge in [0.2, 0.25) is 0 Å². The molecule has 0 rings (SSSR count). The molecule has 0 fully saturated rings. The molecule has 0 heterocycles. The maximum atomic E-state index is 9.91. The van der Waals surface area contributed by atoms with Gasteiger partial charge in [0.1, 0.15) is 6.29 Å². The Labute approximate surface area is 79.1 Å². The zero-order chi connectivity index (χ0) is 10.1. The first-order valence-electron chi connectivity index (χ1n) is 4.70. The van der Waals surface area contributed by atoms with Gasteiger partial charge in [-0.2, -0.15) is 0 Å². The summed E-state index contributed by atoms with van der Waals surface area (Å²) in [7, 11) is 0. The summed E-state index contributed by atoms with van der Waals surface area (Å²) in [6.07, 6.45) is 5.07. The van der Waals surface area contributed by atoms with Gasteiger partial charge in [0.05, 0.1) is 12.2 Å². The van der Waals surface area contributed by atoms with Crippen molar-refractivity contribution in [3.05, 3.63) is 12.2 Å². The first kappa shape index (κ1) is 12.3. The largest absolute Gasteiger partial charge is 0.390 e. The van der Waals surface area contributed by atoms with Gasteiger partial charge in [-0.3, -0.25) is 4.79 Å². The summed E-state index contributed by atoms with van der Waals surface area (Å²) in [5.41, 5.74) is 0. The summed E-state index contributed by atoms with van der Waals surface area (Å²) in [5, 5.41) is 18.6. The zero-order valence-electron chi connectivity index (χ0n) is 8.02. The second-order valence-corrected chi connectivity index (χ2v) is 3.07. The van der Waals surface area contributed by atoms with Crippen molar-refractivity contribution in [3.8, 4) is 0 Å². The van der Waals surface area contributed by atoms with E-state index in [4.69, 9.17) is 0 Å². The molecule has 0 aromatic carbocycles. The monoisotopic (exact) mass is 186 g/mol. The normalized spacial score (nSPS) is 15.9. The average Bonchev–Trinajstić information content (AvgIpc) is 2.14. The first-order chi connectivity index (χ1) is 6.22. The molecule has 0 aliphatic carbocycles. The number of allylic oxidation sites excluding steroid dienone is 1. The number of hydrogen-bond acceptors (Lipinski definition) is 3. The minimum Gasteiger partial charge on any atom is -0.390 e. The Morgan fingerprint density at radius 2 is 2.00 bits per heavy atom. The molecule has 0 bridgehead atoms. The van der Waals surface area contributed by atoms with Crippen LogP contribution in [0.3, 0.4) is 0 Å². The van der Waals surface area contributed by atoms with Crippen LogP contribution in [0.5, 0.6) is 0 Å². The third-order valence-corrected chi connectivity index (χ3v) is 1.88. The zero-order valence-corrected chi connectivity index (χ0v) is 8.02. The lowest BCUT2D eigenvalue weighted by Gasteiger charge is -2.13. The van der Waals surface area contributed by atoms with Gasteiger partial charge in [-0.15, -0.1) is 0 Å². The summed E-state index contributed by atoms with van der Waals surface area (Å²) in [6, 6.07) is 0. The highest BCUT2D eigenvalue weighted by molar-refractivity contribution is 5.64. The Morgan fingerprint density at radius 3 is 2.54 bits per heavy atom. The van der Waals surface area contributed by atoms with Crippen LogP contribution in [-0.2, 0) is 4.79 Å². The highest BCUT2D eigenvalue weighted by Crippen LogP contribution is 2.07. The molecular weight excluding hydrogens is 168 g/mol. The summed E-state index contributed by atoms with van der Waals surface area (Å²) in [4.78, 5) is 9.91. The van der Waals surface area contributed by atoms with Crippen molar-refractivity contribution in [3.63, 3.8) is 0 Å². The second-order valence-electron chi connectivity index (χ2n) is 3.07. The minimum atomic E-state index is -0.915. The molecule has 0 aromatic heterocycles. The Kier molecular flexibility index (Phi) is 7.54. The predicted molar refractivity (Wildman–Crippen MR) is 51.4 cm³/mol.